The van der Waals surface area contributed by atoms with E-state index in [9.17, 15) is 10.1 Å². The number of anilines is 3. The number of hydrogen-bond donors (Lipinski definition) is 1. The van der Waals surface area contributed by atoms with Crippen LogP contribution in [0, 0.1) is 11.3 Å². The lowest BCUT2D eigenvalue weighted by molar-refractivity contribution is -0.127. The molecule has 1 aromatic heterocycles. The second kappa shape index (κ2) is 13.2. The molecule has 3 saturated heterocycles. The molecule has 0 aliphatic carbocycles. The summed E-state index contributed by atoms with van der Waals surface area (Å²) in [6, 6.07) is 15.9. The number of nitrogens with one attached hydrogen (secondary N) is 1. The largest absolute Gasteiger partial charge is 0.486 e. The van der Waals surface area contributed by atoms with Gasteiger partial charge in [-0.25, -0.2) is 14.4 Å². The van der Waals surface area contributed by atoms with E-state index in [1.54, 1.807) is 30.5 Å². The van der Waals surface area contributed by atoms with Crippen LogP contribution in [0.4, 0.5) is 21.7 Å². The van der Waals surface area contributed by atoms with Gasteiger partial charge in [-0.2, -0.15) is 10.2 Å². The van der Waals surface area contributed by atoms with Crippen LogP contribution in [0.3, 0.4) is 0 Å². The minimum absolute atomic E-state index is 0.0839. The van der Waals surface area contributed by atoms with Crippen LogP contribution < -0.4 is 15.0 Å². The van der Waals surface area contributed by atoms with Crippen molar-refractivity contribution in [1.82, 2.24) is 24.8 Å². The van der Waals surface area contributed by atoms with Crippen molar-refractivity contribution < 1.29 is 18.7 Å². The Morgan fingerprint density at radius 1 is 1.07 bits per heavy atom. The molecule has 0 bridgehead atoms. The lowest BCUT2D eigenvalue weighted by Gasteiger charge is -2.43. The highest BCUT2D eigenvalue weighted by atomic mass is 19.1. The first-order valence-electron chi connectivity index (χ1n) is 15.5. The second-order valence-corrected chi connectivity index (χ2v) is 11.7. The summed E-state index contributed by atoms with van der Waals surface area (Å²) in [5.41, 5.74) is 3.27. The average molecular weight is 624 g/mol. The van der Waals surface area contributed by atoms with Crippen molar-refractivity contribution >= 4 is 28.9 Å². The lowest BCUT2D eigenvalue weighted by atomic mass is 10.0. The molecule has 1 N–H and O–H groups in total. The Hall–Kier alpha value is -4.93. The zero-order valence-corrected chi connectivity index (χ0v) is 25.3. The number of carbonyl (C=O) groups excluding carboxylic acids is 1. The van der Waals surface area contributed by atoms with Gasteiger partial charge in [-0.05, 0) is 42.5 Å². The van der Waals surface area contributed by atoms with Crippen molar-refractivity contribution in [2.45, 2.75) is 31.2 Å². The minimum atomic E-state index is -1.40. The third-order valence-electron chi connectivity index (χ3n) is 8.81. The second-order valence-electron chi connectivity index (χ2n) is 11.7. The van der Waals surface area contributed by atoms with Crippen LogP contribution in [-0.2, 0) is 9.53 Å². The molecule has 4 aliphatic heterocycles. The number of benzene rings is 2. The van der Waals surface area contributed by atoms with Crippen LogP contribution in [0.5, 0.6) is 5.75 Å². The number of aliphatic imine (C=N–C) groups is 1. The summed E-state index contributed by atoms with van der Waals surface area (Å²) >= 11 is 0. The minimum Gasteiger partial charge on any atom is -0.486 e. The predicted molar refractivity (Wildman–Crippen MR) is 170 cm³/mol. The van der Waals surface area contributed by atoms with E-state index in [-0.39, 0.29) is 23.8 Å². The van der Waals surface area contributed by atoms with Crippen LogP contribution in [0.25, 0.3) is 11.4 Å². The number of carbonyl (C=O) groups is 1. The molecular weight excluding hydrogens is 589 g/mol. The van der Waals surface area contributed by atoms with E-state index in [1.165, 1.54) is 16.9 Å². The van der Waals surface area contributed by atoms with E-state index < -0.39 is 12.3 Å². The van der Waals surface area contributed by atoms with E-state index in [0.29, 0.717) is 48.5 Å². The number of piperazine rings is 1. The number of alkyl halides is 1. The zero-order chi connectivity index (χ0) is 31.5. The number of nitrogens with zero attached hydrogens (tertiary/aromatic N) is 8. The number of rotatable bonds is 8. The van der Waals surface area contributed by atoms with Gasteiger partial charge in [0.1, 0.15) is 30.0 Å². The van der Waals surface area contributed by atoms with Gasteiger partial charge in [0.25, 0.3) is 5.91 Å². The van der Waals surface area contributed by atoms with E-state index >= 15 is 4.39 Å². The monoisotopic (exact) mass is 623 g/mol. The summed E-state index contributed by atoms with van der Waals surface area (Å²) in [5, 5.41) is 13.1. The highest BCUT2D eigenvalue weighted by Crippen LogP contribution is 2.29. The number of amides is 1. The van der Waals surface area contributed by atoms with Crippen LogP contribution in [0.15, 0.2) is 66.1 Å². The van der Waals surface area contributed by atoms with Crippen molar-refractivity contribution in [2.24, 2.45) is 4.99 Å². The molecule has 1 amide bonds. The van der Waals surface area contributed by atoms with Gasteiger partial charge in [0.05, 0.1) is 31.4 Å². The lowest BCUT2D eigenvalue weighted by Crippen LogP contribution is -2.56. The van der Waals surface area contributed by atoms with Gasteiger partial charge in [0.15, 0.2) is 12.0 Å². The van der Waals surface area contributed by atoms with Crippen molar-refractivity contribution in [3.63, 3.8) is 0 Å². The molecule has 7 rings (SSSR count). The van der Waals surface area contributed by atoms with Gasteiger partial charge in [-0.1, -0.05) is 6.08 Å². The number of likely N-dealkylation sites (tertiary alicyclic amines) is 1. The number of hydrogen-bond acceptors (Lipinski definition) is 11. The molecule has 2 aromatic carbocycles. The Morgan fingerprint density at radius 3 is 2.59 bits per heavy atom. The topological polar surface area (TPSA) is 132 Å². The molecule has 3 aromatic rings. The van der Waals surface area contributed by atoms with Crippen LogP contribution in [-0.4, -0.2) is 107 Å². The summed E-state index contributed by atoms with van der Waals surface area (Å²) in [6.45, 7) is 6.00. The number of ether oxygens (including phenoxy) is 2. The Morgan fingerprint density at radius 2 is 1.89 bits per heavy atom. The molecule has 236 valence electrons. The van der Waals surface area contributed by atoms with E-state index in [1.807, 2.05) is 12.1 Å². The molecule has 46 heavy (non-hydrogen) atoms. The highest BCUT2D eigenvalue weighted by Gasteiger charge is 2.35. The molecule has 0 saturated carbocycles. The molecule has 3 fully saturated rings. The summed E-state index contributed by atoms with van der Waals surface area (Å²) in [5.74, 6) is 0.773. The molecule has 0 radical (unpaired) electrons. The Bertz CT molecular complexity index is 1680. The fraction of sp³-hybridized carbons (Fsp3) is 0.394. The zero-order valence-electron chi connectivity index (χ0n) is 25.3. The predicted octanol–water partition coefficient (Wildman–Crippen LogP) is 3.35. The molecule has 5 heterocycles. The first-order chi connectivity index (χ1) is 22.5. The van der Waals surface area contributed by atoms with Gasteiger partial charge in [0, 0.05) is 68.7 Å². The smallest absolute Gasteiger partial charge is 0.268 e. The van der Waals surface area contributed by atoms with Gasteiger partial charge >= 0.3 is 0 Å². The van der Waals surface area contributed by atoms with Gasteiger partial charge < -0.3 is 24.6 Å². The Kier molecular flexibility index (Phi) is 8.54. The van der Waals surface area contributed by atoms with Crippen molar-refractivity contribution in [1.29, 1.82) is 5.26 Å². The molecule has 2 atom stereocenters. The van der Waals surface area contributed by atoms with E-state index in [2.05, 4.69) is 53.3 Å². The quantitative estimate of drug-likeness (QED) is 0.399. The average Bonchev–Trinajstić information content (AvgIpc) is 3.61. The van der Waals surface area contributed by atoms with Crippen LogP contribution in [0.1, 0.15) is 18.4 Å². The number of piperidine rings is 1. The first-order valence-corrected chi connectivity index (χ1v) is 15.5. The SMILES string of the molecule is N#Cc1cc(-c2ncnc(Nc3ccc(N4CCN(C5COC5)CC4)cc3)n2)ccc1O[C@H]1CCN(C(=O)C2=NC=CC2)C[C@H]1F. The summed E-state index contributed by atoms with van der Waals surface area (Å²) in [4.78, 5) is 36.2. The van der Waals surface area contributed by atoms with E-state index in [0.717, 1.165) is 45.1 Å². The van der Waals surface area contributed by atoms with Crippen molar-refractivity contribution in [3.05, 3.63) is 66.6 Å². The van der Waals surface area contributed by atoms with E-state index in [4.69, 9.17) is 9.47 Å². The number of aromatic nitrogens is 3. The van der Waals surface area contributed by atoms with Gasteiger partial charge in [0.2, 0.25) is 5.95 Å². The molecule has 0 unspecified atom stereocenters. The molecule has 4 aliphatic rings. The number of halogens is 1. The number of allylic oxidation sites excluding steroid dienone is 1. The maximum absolute atomic E-state index is 15.1. The standard InChI is InChI=1S/C33H34FN9O3/c34-27-18-43(32(44)28-2-1-10-36-28)11-9-30(27)46-29-8-3-22(16-23(29)17-35)31-37-21-38-33(40-31)39-24-4-6-25(7-5-24)41-12-14-42(15-13-41)26-19-45-20-26/h1,3-8,10,16,21,26-27,30H,2,9,11-15,18-20H2,(H,37,38,39,40)/t27-,30+/m1/s1. The van der Waals surface area contributed by atoms with Crippen LogP contribution in [0.2, 0.25) is 0 Å². The summed E-state index contributed by atoms with van der Waals surface area (Å²) < 4.78 is 26.4. The molecule has 12 nitrogen and oxygen atoms in total. The molecular formula is C33H34FN9O3. The normalized spacial score (nSPS) is 21.8. The summed E-state index contributed by atoms with van der Waals surface area (Å²) in [6.07, 6.45) is 3.39. The van der Waals surface area contributed by atoms with Crippen LogP contribution >= 0.6 is 0 Å². The fourth-order valence-corrected chi connectivity index (χ4v) is 6.07. The molecule has 13 heteroatoms. The van der Waals surface area contributed by atoms with Gasteiger partial charge in [-0.3, -0.25) is 14.7 Å². The third kappa shape index (κ3) is 6.40. The Labute approximate surface area is 266 Å². The third-order valence-corrected chi connectivity index (χ3v) is 8.81. The Balaban J connectivity index is 0.964. The number of nitriles is 1. The fourth-order valence-electron chi connectivity index (χ4n) is 6.07. The summed E-state index contributed by atoms with van der Waals surface area (Å²) in [7, 11) is 0. The molecule has 0 spiro atoms. The maximum Gasteiger partial charge on any atom is 0.268 e. The van der Waals surface area contributed by atoms with Gasteiger partial charge in [-0.15, -0.1) is 0 Å². The van der Waals surface area contributed by atoms with Crippen molar-refractivity contribution in [3.8, 4) is 23.2 Å². The highest BCUT2D eigenvalue weighted by molar-refractivity contribution is 6.39. The maximum atomic E-state index is 15.1. The van der Waals surface area contributed by atoms with Crippen molar-refractivity contribution in [2.75, 3.05) is 62.7 Å². The first kappa shape index (κ1) is 29.8.